The van der Waals surface area contributed by atoms with Crippen LogP contribution in [-0.4, -0.2) is 83.6 Å². The number of piperazine rings is 1. The summed E-state index contributed by atoms with van der Waals surface area (Å²) in [6, 6.07) is 6.56. The second-order valence-electron chi connectivity index (χ2n) is 8.74. The Kier molecular flexibility index (Phi) is 8.62. The highest BCUT2D eigenvalue weighted by atomic mass is 35.6. The molecule has 0 bridgehead atoms. The Bertz CT molecular complexity index is 1020. The Morgan fingerprint density at radius 2 is 1.76 bits per heavy atom. The van der Waals surface area contributed by atoms with Gasteiger partial charge in [0, 0.05) is 31.4 Å². The van der Waals surface area contributed by atoms with Gasteiger partial charge in [0.15, 0.2) is 5.79 Å². The first-order valence-corrected chi connectivity index (χ1v) is 12.1. The maximum absolute atomic E-state index is 15.7. The van der Waals surface area contributed by atoms with Gasteiger partial charge in [0.1, 0.15) is 12.3 Å². The number of hydrogen-bond donors (Lipinski definition) is 2. The Morgan fingerprint density at radius 3 is 2.27 bits per heavy atom. The van der Waals surface area contributed by atoms with Crippen LogP contribution in [0.4, 0.5) is 33.7 Å². The van der Waals surface area contributed by atoms with E-state index in [4.69, 9.17) is 39.5 Å². The number of carbonyl (C=O) groups excluding carboxylic acids is 3. The minimum atomic E-state index is -5.25. The molecular weight excluding hydrogens is 569 g/mol. The van der Waals surface area contributed by atoms with Crippen LogP contribution in [0.3, 0.4) is 0 Å². The van der Waals surface area contributed by atoms with E-state index in [-0.39, 0.29) is 38.6 Å². The minimum absolute atomic E-state index is 0.128. The average Bonchev–Trinajstić information content (AvgIpc) is 3.15. The van der Waals surface area contributed by atoms with E-state index in [1.165, 1.54) is 11.8 Å². The largest absolute Gasteiger partial charge is 0.471 e. The molecule has 1 aromatic carbocycles. The number of hydrogen-bond acceptors (Lipinski definition) is 6. The van der Waals surface area contributed by atoms with Crippen molar-refractivity contribution in [2.45, 2.75) is 41.9 Å². The zero-order chi connectivity index (χ0) is 27.8. The SMILES string of the molecule is CC(=O)NCC1CN(c2ccc(N3CCN(C(NC(=O)C(F)(F)F)C(Cl)(Cl)Cl)C(C)(F)C3)cc2)C(=O)O1. The second kappa shape index (κ2) is 10.9. The van der Waals surface area contributed by atoms with Crippen molar-refractivity contribution in [3.05, 3.63) is 24.3 Å². The predicted molar refractivity (Wildman–Crippen MR) is 129 cm³/mol. The first kappa shape index (κ1) is 29.3. The third-order valence-corrected chi connectivity index (χ3v) is 6.44. The van der Waals surface area contributed by atoms with Crippen molar-refractivity contribution in [2.24, 2.45) is 0 Å². The number of carbonyl (C=O) groups is 3. The van der Waals surface area contributed by atoms with Gasteiger partial charge in [-0.15, -0.1) is 0 Å². The third-order valence-electron chi connectivity index (χ3n) is 5.82. The van der Waals surface area contributed by atoms with Crippen molar-refractivity contribution in [1.29, 1.82) is 0 Å². The summed E-state index contributed by atoms with van der Waals surface area (Å²) in [5.41, 5.74) is 1.09. The Balaban J connectivity index is 1.69. The fraction of sp³-hybridized carbons (Fsp3) is 0.571. The maximum Gasteiger partial charge on any atom is 0.471 e. The predicted octanol–water partition coefficient (Wildman–Crippen LogP) is 3.33. The Labute approximate surface area is 224 Å². The number of nitrogens with zero attached hydrogens (tertiary/aromatic N) is 3. The topological polar surface area (TPSA) is 94.2 Å². The molecule has 3 unspecified atom stereocenters. The molecule has 0 aliphatic carbocycles. The normalized spacial score (nSPS) is 24.0. The van der Waals surface area contributed by atoms with Crippen LogP contribution >= 0.6 is 34.8 Å². The van der Waals surface area contributed by atoms with E-state index < -0.39 is 40.0 Å². The summed E-state index contributed by atoms with van der Waals surface area (Å²) in [6.45, 7) is 2.47. The van der Waals surface area contributed by atoms with Crippen LogP contribution in [0, 0.1) is 0 Å². The molecule has 206 valence electrons. The lowest BCUT2D eigenvalue weighted by molar-refractivity contribution is -0.177. The number of amides is 3. The summed E-state index contributed by atoms with van der Waals surface area (Å²) in [6.07, 6.45) is -8.24. The van der Waals surface area contributed by atoms with Gasteiger partial charge in [0.05, 0.1) is 19.6 Å². The van der Waals surface area contributed by atoms with E-state index >= 15 is 4.39 Å². The number of rotatable bonds is 6. The van der Waals surface area contributed by atoms with E-state index in [1.807, 2.05) is 0 Å². The summed E-state index contributed by atoms with van der Waals surface area (Å²) in [5.74, 6) is -4.92. The van der Waals surface area contributed by atoms with E-state index in [0.717, 1.165) is 11.8 Å². The molecule has 0 saturated carbocycles. The number of nitrogens with one attached hydrogen (secondary N) is 2. The molecule has 0 spiro atoms. The lowest BCUT2D eigenvalue weighted by atomic mass is 10.1. The zero-order valence-corrected chi connectivity index (χ0v) is 21.9. The van der Waals surface area contributed by atoms with Gasteiger partial charge in [0.25, 0.3) is 0 Å². The van der Waals surface area contributed by atoms with Gasteiger partial charge >= 0.3 is 18.2 Å². The monoisotopic (exact) mass is 591 g/mol. The van der Waals surface area contributed by atoms with Gasteiger partial charge in [-0.3, -0.25) is 14.5 Å². The maximum atomic E-state index is 15.7. The lowest BCUT2D eigenvalue weighted by Crippen LogP contribution is -2.69. The number of ether oxygens (including phenoxy) is 1. The summed E-state index contributed by atoms with van der Waals surface area (Å²) in [5, 5.41) is 4.16. The zero-order valence-electron chi connectivity index (χ0n) is 19.6. The molecule has 16 heteroatoms. The summed E-state index contributed by atoms with van der Waals surface area (Å²) in [4.78, 5) is 38.7. The van der Waals surface area contributed by atoms with Gasteiger partial charge in [-0.25, -0.2) is 14.1 Å². The molecule has 0 aromatic heterocycles. The van der Waals surface area contributed by atoms with Gasteiger partial charge < -0.3 is 20.3 Å². The standard InChI is InChI=1S/C21H24Cl3F4N5O4/c1-12(34)29-9-15-10-32(18(36)37-15)14-5-3-13(4-6-14)31-7-8-33(19(2,25)11-31)16(20(22,23)24)30-17(35)21(26,27)28/h3-6,15-16H,7-11H2,1-2H3,(H,29,34)(H,30,35). The molecule has 2 aliphatic heterocycles. The highest BCUT2D eigenvalue weighted by Crippen LogP contribution is 2.38. The Morgan fingerprint density at radius 1 is 1.16 bits per heavy atom. The van der Waals surface area contributed by atoms with E-state index in [9.17, 15) is 27.6 Å². The minimum Gasteiger partial charge on any atom is -0.442 e. The molecule has 2 fully saturated rings. The summed E-state index contributed by atoms with van der Waals surface area (Å²) in [7, 11) is 0. The molecule has 3 rings (SSSR count). The summed E-state index contributed by atoms with van der Waals surface area (Å²) >= 11 is 17.4. The molecule has 3 amide bonds. The lowest BCUT2D eigenvalue weighted by Gasteiger charge is -2.49. The van der Waals surface area contributed by atoms with Crippen LogP contribution < -0.4 is 20.4 Å². The highest BCUT2D eigenvalue weighted by molar-refractivity contribution is 6.68. The number of cyclic esters (lactones) is 1. The smallest absolute Gasteiger partial charge is 0.442 e. The van der Waals surface area contributed by atoms with Crippen molar-refractivity contribution in [1.82, 2.24) is 15.5 Å². The quantitative estimate of drug-likeness (QED) is 0.299. The van der Waals surface area contributed by atoms with Crippen LogP contribution in [-0.2, 0) is 14.3 Å². The molecule has 1 aromatic rings. The van der Waals surface area contributed by atoms with Gasteiger partial charge in [0.2, 0.25) is 9.70 Å². The first-order valence-electron chi connectivity index (χ1n) is 11.0. The van der Waals surface area contributed by atoms with Crippen LogP contribution in [0.25, 0.3) is 0 Å². The van der Waals surface area contributed by atoms with Crippen molar-refractivity contribution >= 4 is 64.1 Å². The van der Waals surface area contributed by atoms with E-state index in [0.29, 0.717) is 11.4 Å². The molecule has 2 heterocycles. The summed E-state index contributed by atoms with van der Waals surface area (Å²) < 4.78 is 56.9. The van der Waals surface area contributed by atoms with Crippen LogP contribution in [0.1, 0.15) is 13.8 Å². The van der Waals surface area contributed by atoms with Crippen LogP contribution in [0.2, 0.25) is 0 Å². The van der Waals surface area contributed by atoms with Crippen molar-refractivity contribution in [2.75, 3.05) is 42.5 Å². The molecule has 2 saturated heterocycles. The van der Waals surface area contributed by atoms with Crippen LogP contribution in [0.15, 0.2) is 24.3 Å². The first-order chi connectivity index (χ1) is 17.0. The molecular formula is C21H24Cl3F4N5O4. The van der Waals surface area contributed by atoms with E-state index in [1.54, 1.807) is 34.5 Å². The van der Waals surface area contributed by atoms with Crippen molar-refractivity contribution in [3.63, 3.8) is 0 Å². The number of alkyl halides is 7. The average molecular weight is 593 g/mol. The van der Waals surface area contributed by atoms with Crippen molar-refractivity contribution < 1.29 is 36.7 Å². The molecule has 2 N–H and O–H groups in total. The van der Waals surface area contributed by atoms with Crippen molar-refractivity contribution in [3.8, 4) is 0 Å². The fourth-order valence-corrected chi connectivity index (χ4v) is 4.60. The number of anilines is 2. The Hall–Kier alpha value is -2.22. The third kappa shape index (κ3) is 7.21. The van der Waals surface area contributed by atoms with Gasteiger partial charge in [-0.1, -0.05) is 34.8 Å². The molecule has 37 heavy (non-hydrogen) atoms. The molecule has 3 atom stereocenters. The fourth-order valence-electron chi connectivity index (χ4n) is 4.08. The van der Waals surface area contributed by atoms with Gasteiger partial charge in [-0.2, -0.15) is 13.2 Å². The molecule has 9 nitrogen and oxygen atoms in total. The van der Waals surface area contributed by atoms with Gasteiger partial charge in [-0.05, 0) is 31.2 Å². The number of halogens is 7. The van der Waals surface area contributed by atoms with E-state index in [2.05, 4.69) is 5.32 Å². The van der Waals surface area contributed by atoms with Crippen LogP contribution in [0.5, 0.6) is 0 Å². The second-order valence-corrected chi connectivity index (χ2v) is 11.1. The number of benzene rings is 1. The highest BCUT2D eigenvalue weighted by Gasteiger charge is 2.51. The molecule has 0 radical (unpaired) electrons. The molecule has 2 aliphatic rings.